The minimum Gasteiger partial charge on any atom is -0.144 e. The lowest BCUT2D eigenvalue weighted by Gasteiger charge is -2.27. The largest absolute Gasteiger partial charge is 0.144 e. The smallest absolute Gasteiger partial charge is 0.0729 e. The van der Waals surface area contributed by atoms with Crippen molar-refractivity contribution in [2.24, 2.45) is 5.41 Å². The zero-order chi connectivity index (χ0) is 10.1. The van der Waals surface area contributed by atoms with E-state index in [1.165, 1.54) is 9.75 Å². The molecule has 0 N–H and O–H groups in total. The highest BCUT2D eigenvalue weighted by Gasteiger charge is 2.28. The first-order chi connectivity index (χ1) is 5.97. The predicted octanol–water partition coefficient (Wildman–Crippen LogP) is 4.77. The van der Waals surface area contributed by atoms with Crippen molar-refractivity contribution in [2.45, 2.75) is 39.5 Å². The minimum atomic E-state index is 0.149. The van der Waals surface area contributed by atoms with Crippen LogP contribution in [0.3, 0.4) is 0 Å². The molecule has 1 atom stereocenters. The Morgan fingerprint density at radius 1 is 1.46 bits per heavy atom. The van der Waals surface area contributed by atoms with Gasteiger partial charge in [-0.2, -0.15) is 0 Å². The van der Waals surface area contributed by atoms with Crippen LogP contribution in [-0.4, -0.2) is 0 Å². The van der Waals surface area contributed by atoms with Crippen LogP contribution in [-0.2, 0) is 0 Å². The standard InChI is InChI=1S/C11H17ClS/c1-5-11(3,4)10(12)9-7-6-8(2)13-9/h6-7,10H,5H2,1-4H3. The Kier molecular flexibility index (Phi) is 3.42. The number of hydrogen-bond donors (Lipinski definition) is 0. The number of halogens is 1. The molecule has 2 heteroatoms. The Morgan fingerprint density at radius 2 is 2.08 bits per heavy atom. The van der Waals surface area contributed by atoms with Crippen molar-refractivity contribution in [1.82, 2.24) is 0 Å². The number of rotatable bonds is 3. The van der Waals surface area contributed by atoms with E-state index in [9.17, 15) is 0 Å². The Morgan fingerprint density at radius 3 is 2.46 bits per heavy atom. The summed E-state index contributed by atoms with van der Waals surface area (Å²) in [7, 11) is 0. The lowest BCUT2D eigenvalue weighted by molar-refractivity contribution is 0.339. The van der Waals surface area contributed by atoms with E-state index >= 15 is 0 Å². The topological polar surface area (TPSA) is 0 Å². The third-order valence-corrected chi connectivity index (χ3v) is 4.63. The molecule has 0 amide bonds. The van der Waals surface area contributed by atoms with Gasteiger partial charge in [-0.1, -0.05) is 20.8 Å². The van der Waals surface area contributed by atoms with Gasteiger partial charge < -0.3 is 0 Å². The summed E-state index contributed by atoms with van der Waals surface area (Å²) in [6.07, 6.45) is 1.11. The van der Waals surface area contributed by atoms with Crippen LogP contribution in [0.1, 0.15) is 42.3 Å². The van der Waals surface area contributed by atoms with Crippen molar-refractivity contribution >= 4 is 22.9 Å². The van der Waals surface area contributed by atoms with Gasteiger partial charge in [0, 0.05) is 9.75 Å². The van der Waals surface area contributed by atoms with Gasteiger partial charge in [-0.15, -0.1) is 22.9 Å². The third kappa shape index (κ3) is 2.47. The maximum Gasteiger partial charge on any atom is 0.0729 e. The summed E-state index contributed by atoms with van der Waals surface area (Å²) in [4.78, 5) is 2.64. The molecule has 74 valence electrons. The lowest BCUT2D eigenvalue weighted by atomic mass is 9.85. The van der Waals surface area contributed by atoms with Crippen LogP contribution in [0.5, 0.6) is 0 Å². The SMILES string of the molecule is CCC(C)(C)C(Cl)c1ccc(C)s1. The molecule has 0 aromatic carbocycles. The molecular weight excluding hydrogens is 200 g/mol. The molecule has 0 bridgehead atoms. The van der Waals surface area contributed by atoms with Gasteiger partial charge in [-0.3, -0.25) is 0 Å². The van der Waals surface area contributed by atoms with Gasteiger partial charge in [-0.25, -0.2) is 0 Å². The van der Waals surface area contributed by atoms with E-state index in [2.05, 4.69) is 39.8 Å². The normalized spacial score (nSPS) is 14.5. The molecule has 0 aliphatic rings. The van der Waals surface area contributed by atoms with Gasteiger partial charge in [0.1, 0.15) is 0 Å². The summed E-state index contributed by atoms with van der Waals surface area (Å²) in [6, 6.07) is 4.29. The summed E-state index contributed by atoms with van der Waals surface area (Å²) >= 11 is 8.23. The van der Waals surface area contributed by atoms with Crippen LogP contribution in [0, 0.1) is 12.3 Å². The molecule has 1 unspecified atom stereocenters. The number of thiophene rings is 1. The number of aryl methyl sites for hydroxylation is 1. The van der Waals surface area contributed by atoms with Crippen molar-refractivity contribution in [3.63, 3.8) is 0 Å². The summed E-state index contributed by atoms with van der Waals surface area (Å²) in [5.41, 5.74) is 0.193. The molecule has 1 aromatic heterocycles. The molecule has 0 spiro atoms. The van der Waals surface area contributed by atoms with E-state index in [0.29, 0.717) is 0 Å². The van der Waals surface area contributed by atoms with E-state index in [0.717, 1.165) is 6.42 Å². The van der Waals surface area contributed by atoms with E-state index in [4.69, 9.17) is 11.6 Å². The van der Waals surface area contributed by atoms with Gasteiger partial charge >= 0.3 is 0 Å². The summed E-state index contributed by atoms with van der Waals surface area (Å²) in [5.74, 6) is 0. The molecule has 0 aliphatic heterocycles. The predicted molar refractivity (Wildman–Crippen MR) is 61.7 cm³/mol. The van der Waals surface area contributed by atoms with Crippen molar-refractivity contribution < 1.29 is 0 Å². The van der Waals surface area contributed by atoms with Crippen molar-refractivity contribution in [2.75, 3.05) is 0 Å². The van der Waals surface area contributed by atoms with Crippen LogP contribution in [0.25, 0.3) is 0 Å². The van der Waals surface area contributed by atoms with Crippen molar-refractivity contribution in [3.05, 3.63) is 21.9 Å². The van der Waals surface area contributed by atoms with Gasteiger partial charge in [-0.05, 0) is 30.9 Å². The number of hydrogen-bond acceptors (Lipinski definition) is 1. The molecule has 1 heterocycles. The Bertz CT molecular complexity index is 275. The summed E-state index contributed by atoms with van der Waals surface area (Å²) in [5, 5.41) is 0.149. The molecular formula is C11H17ClS. The first-order valence-electron chi connectivity index (χ1n) is 4.68. The van der Waals surface area contributed by atoms with E-state index in [1.54, 1.807) is 11.3 Å². The highest BCUT2D eigenvalue weighted by atomic mass is 35.5. The monoisotopic (exact) mass is 216 g/mol. The first kappa shape index (κ1) is 11.1. The fourth-order valence-corrected chi connectivity index (χ4v) is 2.58. The average Bonchev–Trinajstić information content (AvgIpc) is 2.50. The highest BCUT2D eigenvalue weighted by molar-refractivity contribution is 7.12. The molecule has 13 heavy (non-hydrogen) atoms. The van der Waals surface area contributed by atoms with E-state index < -0.39 is 0 Å². The quantitative estimate of drug-likeness (QED) is 0.639. The molecule has 0 nitrogen and oxygen atoms in total. The molecule has 0 aliphatic carbocycles. The molecule has 1 rings (SSSR count). The van der Waals surface area contributed by atoms with Gasteiger partial charge in [0.15, 0.2) is 0 Å². The number of alkyl halides is 1. The minimum absolute atomic E-state index is 0.149. The second-order valence-corrected chi connectivity index (χ2v) is 5.91. The Hall–Kier alpha value is -0.0100. The second kappa shape index (κ2) is 4.02. The van der Waals surface area contributed by atoms with Crippen LogP contribution in [0.15, 0.2) is 12.1 Å². The fraction of sp³-hybridized carbons (Fsp3) is 0.636. The van der Waals surface area contributed by atoms with Gasteiger partial charge in [0.2, 0.25) is 0 Å². The van der Waals surface area contributed by atoms with E-state index in [1.807, 2.05) is 0 Å². The molecule has 1 aromatic rings. The molecule has 0 radical (unpaired) electrons. The third-order valence-electron chi connectivity index (χ3n) is 2.61. The van der Waals surface area contributed by atoms with Crippen LogP contribution < -0.4 is 0 Å². The zero-order valence-electron chi connectivity index (χ0n) is 8.73. The fourth-order valence-electron chi connectivity index (χ4n) is 1.15. The van der Waals surface area contributed by atoms with Crippen LogP contribution in [0.2, 0.25) is 0 Å². The van der Waals surface area contributed by atoms with Gasteiger partial charge in [0.05, 0.1) is 5.38 Å². The zero-order valence-corrected chi connectivity index (χ0v) is 10.3. The maximum atomic E-state index is 6.42. The molecule has 0 fully saturated rings. The van der Waals surface area contributed by atoms with Crippen LogP contribution in [0.4, 0.5) is 0 Å². The summed E-state index contributed by atoms with van der Waals surface area (Å²) < 4.78 is 0. The van der Waals surface area contributed by atoms with Gasteiger partial charge in [0.25, 0.3) is 0 Å². The lowest BCUT2D eigenvalue weighted by Crippen LogP contribution is -2.15. The average molecular weight is 217 g/mol. The van der Waals surface area contributed by atoms with Crippen molar-refractivity contribution in [3.8, 4) is 0 Å². The molecule has 0 saturated carbocycles. The van der Waals surface area contributed by atoms with E-state index in [-0.39, 0.29) is 10.8 Å². The molecule has 0 saturated heterocycles. The first-order valence-corrected chi connectivity index (χ1v) is 5.93. The second-order valence-electron chi connectivity index (χ2n) is 4.15. The van der Waals surface area contributed by atoms with Crippen LogP contribution >= 0.6 is 22.9 Å². The van der Waals surface area contributed by atoms with Crippen molar-refractivity contribution in [1.29, 1.82) is 0 Å². The Labute approximate surface area is 89.9 Å². The Balaban J connectivity index is 2.84. The maximum absolute atomic E-state index is 6.42. The highest BCUT2D eigenvalue weighted by Crippen LogP contribution is 2.43. The summed E-state index contributed by atoms with van der Waals surface area (Å²) in [6.45, 7) is 8.76.